The van der Waals surface area contributed by atoms with Crippen molar-refractivity contribution in [3.8, 4) is 0 Å². The summed E-state index contributed by atoms with van der Waals surface area (Å²) in [5.74, 6) is 0. The standard InChI is InChI=1S/C14H21N3/c1-10-3-2-6-16-14(10)9-17-12-4-5-13(17)8-11(15)7-12/h2-3,6,11-13H,4-5,7-9,15H2,1H3. The van der Waals surface area contributed by atoms with Gasteiger partial charge in [0.15, 0.2) is 0 Å². The van der Waals surface area contributed by atoms with E-state index in [0.717, 1.165) is 6.54 Å². The zero-order valence-corrected chi connectivity index (χ0v) is 10.5. The van der Waals surface area contributed by atoms with E-state index >= 15 is 0 Å². The molecule has 1 aromatic heterocycles. The van der Waals surface area contributed by atoms with Gasteiger partial charge >= 0.3 is 0 Å². The fourth-order valence-corrected chi connectivity index (χ4v) is 3.43. The van der Waals surface area contributed by atoms with Crippen LogP contribution >= 0.6 is 0 Å². The van der Waals surface area contributed by atoms with E-state index in [2.05, 4.69) is 22.9 Å². The van der Waals surface area contributed by atoms with Crippen molar-refractivity contribution in [3.63, 3.8) is 0 Å². The minimum atomic E-state index is 0.425. The van der Waals surface area contributed by atoms with Gasteiger partial charge in [0.05, 0.1) is 5.69 Å². The SMILES string of the molecule is Cc1cccnc1CN1C2CCC1CC(N)C2. The summed E-state index contributed by atoms with van der Waals surface area (Å²) in [5.41, 5.74) is 8.64. The molecule has 0 spiro atoms. The number of pyridine rings is 1. The zero-order chi connectivity index (χ0) is 11.8. The Hall–Kier alpha value is -0.930. The monoisotopic (exact) mass is 231 g/mol. The number of hydrogen-bond donors (Lipinski definition) is 1. The Labute approximate surface area is 103 Å². The predicted octanol–water partition coefficient (Wildman–Crippen LogP) is 1.84. The first-order valence-electron chi connectivity index (χ1n) is 6.66. The molecule has 17 heavy (non-hydrogen) atoms. The van der Waals surface area contributed by atoms with E-state index in [9.17, 15) is 0 Å². The maximum absolute atomic E-state index is 6.10. The molecule has 0 amide bonds. The van der Waals surface area contributed by atoms with Crippen LogP contribution in [0.3, 0.4) is 0 Å². The highest BCUT2D eigenvalue weighted by Gasteiger charge is 2.39. The number of aromatic nitrogens is 1. The Balaban J connectivity index is 1.76. The molecule has 2 atom stereocenters. The number of fused-ring (bicyclic) bond motifs is 2. The van der Waals surface area contributed by atoms with Crippen molar-refractivity contribution in [3.05, 3.63) is 29.6 Å². The average molecular weight is 231 g/mol. The van der Waals surface area contributed by atoms with Gasteiger partial charge in [-0.25, -0.2) is 0 Å². The molecular weight excluding hydrogens is 210 g/mol. The minimum Gasteiger partial charge on any atom is -0.328 e. The molecule has 0 saturated carbocycles. The summed E-state index contributed by atoms with van der Waals surface area (Å²) in [7, 11) is 0. The third-order valence-corrected chi connectivity index (χ3v) is 4.37. The Morgan fingerprint density at radius 3 is 2.71 bits per heavy atom. The van der Waals surface area contributed by atoms with Crippen LogP contribution < -0.4 is 5.73 Å². The number of aryl methyl sites for hydroxylation is 1. The van der Waals surface area contributed by atoms with E-state index < -0.39 is 0 Å². The fourth-order valence-electron chi connectivity index (χ4n) is 3.43. The second-order valence-corrected chi connectivity index (χ2v) is 5.56. The van der Waals surface area contributed by atoms with E-state index in [0.29, 0.717) is 18.1 Å². The molecule has 0 aromatic carbocycles. The van der Waals surface area contributed by atoms with Crippen molar-refractivity contribution in [1.82, 2.24) is 9.88 Å². The van der Waals surface area contributed by atoms with Crippen LogP contribution in [0.5, 0.6) is 0 Å². The largest absolute Gasteiger partial charge is 0.328 e. The first-order chi connectivity index (χ1) is 8.24. The van der Waals surface area contributed by atoms with Gasteiger partial charge in [-0.2, -0.15) is 0 Å². The molecule has 2 fully saturated rings. The van der Waals surface area contributed by atoms with Crippen molar-refractivity contribution in [2.24, 2.45) is 5.73 Å². The highest BCUT2D eigenvalue weighted by Crippen LogP contribution is 2.36. The summed E-state index contributed by atoms with van der Waals surface area (Å²) in [6.07, 6.45) is 6.89. The molecule has 1 aromatic rings. The van der Waals surface area contributed by atoms with E-state index in [1.165, 1.54) is 36.9 Å². The van der Waals surface area contributed by atoms with Gasteiger partial charge in [0.25, 0.3) is 0 Å². The molecule has 3 heterocycles. The summed E-state index contributed by atoms with van der Waals surface area (Å²) in [5, 5.41) is 0. The molecule has 3 heteroatoms. The van der Waals surface area contributed by atoms with Crippen LogP contribution in [-0.2, 0) is 6.54 Å². The number of piperidine rings is 1. The molecule has 3 rings (SSSR count). The Morgan fingerprint density at radius 1 is 1.35 bits per heavy atom. The third-order valence-electron chi connectivity index (χ3n) is 4.37. The van der Waals surface area contributed by atoms with Gasteiger partial charge in [-0.15, -0.1) is 0 Å². The second-order valence-electron chi connectivity index (χ2n) is 5.56. The van der Waals surface area contributed by atoms with Gasteiger partial charge < -0.3 is 5.73 Å². The lowest BCUT2D eigenvalue weighted by atomic mass is 9.97. The topological polar surface area (TPSA) is 42.2 Å². The van der Waals surface area contributed by atoms with E-state index in [-0.39, 0.29) is 0 Å². The molecule has 2 N–H and O–H groups in total. The lowest BCUT2D eigenvalue weighted by Crippen LogP contribution is -2.47. The van der Waals surface area contributed by atoms with Crippen LogP contribution in [0.2, 0.25) is 0 Å². The van der Waals surface area contributed by atoms with Crippen LogP contribution in [0.1, 0.15) is 36.9 Å². The first-order valence-corrected chi connectivity index (χ1v) is 6.66. The molecule has 2 aliphatic heterocycles. The summed E-state index contributed by atoms with van der Waals surface area (Å²) >= 11 is 0. The van der Waals surface area contributed by atoms with Gasteiger partial charge in [0.2, 0.25) is 0 Å². The molecule has 0 radical (unpaired) electrons. The van der Waals surface area contributed by atoms with E-state index in [1.807, 2.05) is 12.3 Å². The lowest BCUT2D eigenvalue weighted by molar-refractivity contribution is 0.118. The maximum Gasteiger partial charge on any atom is 0.0573 e. The summed E-state index contributed by atoms with van der Waals surface area (Å²) in [4.78, 5) is 7.15. The Bertz CT molecular complexity index is 390. The van der Waals surface area contributed by atoms with Crippen molar-refractivity contribution < 1.29 is 0 Å². The van der Waals surface area contributed by atoms with Crippen molar-refractivity contribution >= 4 is 0 Å². The molecule has 3 nitrogen and oxygen atoms in total. The van der Waals surface area contributed by atoms with Crippen molar-refractivity contribution in [1.29, 1.82) is 0 Å². The van der Waals surface area contributed by atoms with Gasteiger partial charge in [0.1, 0.15) is 0 Å². The summed E-state index contributed by atoms with van der Waals surface area (Å²) in [6.45, 7) is 3.16. The Kier molecular flexibility index (Phi) is 2.89. The molecule has 2 saturated heterocycles. The average Bonchev–Trinajstić information content (AvgIpc) is 2.56. The van der Waals surface area contributed by atoms with E-state index in [4.69, 9.17) is 5.73 Å². The van der Waals surface area contributed by atoms with Gasteiger partial charge in [-0.1, -0.05) is 6.07 Å². The van der Waals surface area contributed by atoms with Gasteiger partial charge in [-0.3, -0.25) is 9.88 Å². The Morgan fingerprint density at radius 2 is 2.06 bits per heavy atom. The first kappa shape index (κ1) is 11.2. The molecule has 2 bridgehead atoms. The second kappa shape index (κ2) is 4.39. The normalized spacial score (nSPS) is 32.9. The number of nitrogens with zero attached hydrogens (tertiary/aromatic N) is 2. The van der Waals surface area contributed by atoms with Gasteiger partial charge in [-0.05, 0) is 44.2 Å². The van der Waals surface area contributed by atoms with Gasteiger partial charge in [0, 0.05) is 30.9 Å². The summed E-state index contributed by atoms with van der Waals surface area (Å²) in [6, 6.07) is 5.99. The van der Waals surface area contributed by atoms with Crippen molar-refractivity contribution in [2.45, 2.75) is 57.3 Å². The lowest BCUT2D eigenvalue weighted by Gasteiger charge is -2.37. The smallest absolute Gasteiger partial charge is 0.0573 e. The molecular formula is C14H21N3. The summed E-state index contributed by atoms with van der Waals surface area (Å²) < 4.78 is 0. The maximum atomic E-state index is 6.10. The van der Waals surface area contributed by atoms with Crippen molar-refractivity contribution in [2.75, 3.05) is 0 Å². The quantitative estimate of drug-likeness (QED) is 0.844. The highest BCUT2D eigenvalue weighted by molar-refractivity contribution is 5.18. The third kappa shape index (κ3) is 2.09. The van der Waals surface area contributed by atoms with Crippen LogP contribution in [0, 0.1) is 6.92 Å². The molecule has 92 valence electrons. The van der Waals surface area contributed by atoms with Crippen LogP contribution in [0.25, 0.3) is 0 Å². The minimum absolute atomic E-state index is 0.425. The predicted molar refractivity (Wildman–Crippen MR) is 68.5 cm³/mol. The van der Waals surface area contributed by atoms with Crippen LogP contribution in [0.4, 0.5) is 0 Å². The number of nitrogens with two attached hydrogens (primary N) is 1. The number of rotatable bonds is 2. The molecule has 2 unspecified atom stereocenters. The van der Waals surface area contributed by atoms with Crippen LogP contribution in [-0.4, -0.2) is 28.0 Å². The molecule has 0 aliphatic carbocycles. The fraction of sp³-hybridized carbons (Fsp3) is 0.643. The zero-order valence-electron chi connectivity index (χ0n) is 10.5. The van der Waals surface area contributed by atoms with Crippen LogP contribution in [0.15, 0.2) is 18.3 Å². The molecule has 2 aliphatic rings. The number of hydrogen-bond acceptors (Lipinski definition) is 3. The highest BCUT2D eigenvalue weighted by atomic mass is 15.2. The van der Waals surface area contributed by atoms with E-state index in [1.54, 1.807) is 0 Å².